The van der Waals surface area contributed by atoms with Crippen molar-refractivity contribution in [3.8, 4) is 11.1 Å². The Morgan fingerprint density at radius 2 is 1.50 bits per heavy atom. The summed E-state index contributed by atoms with van der Waals surface area (Å²) in [5.74, 6) is 0. The molecule has 0 heterocycles. The second-order valence-corrected chi connectivity index (χ2v) is 3.57. The number of rotatable bonds is 1. The fraction of sp³-hybridized carbons (Fsp3) is 0.0714. The zero-order chi connectivity index (χ0) is 9.97. The van der Waals surface area contributed by atoms with E-state index in [2.05, 4.69) is 50.2 Å². The van der Waals surface area contributed by atoms with E-state index in [0.29, 0.717) is 0 Å². The molecule has 0 amide bonds. The molecule has 69 valence electrons. The van der Waals surface area contributed by atoms with Gasteiger partial charge in [-0.15, -0.1) is 0 Å². The molecule has 0 saturated heterocycles. The molecule has 0 fully saturated rings. The molecule has 2 aromatic rings. The Morgan fingerprint density at radius 1 is 0.857 bits per heavy atom. The summed E-state index contributed by atoms with van der Waals surface area (Å²) < 4.78 is 0. The van der Waals surface area contributed by atoms with Crippen molar-refractivity contribution in [1.29, 1.82) is 0 Å². The Labute approximate surface area is 85.2 Å². The Morgan fingerprint density at radius 3 is 2.14 bits per heavy atom. The molecule has 0 N–H and O–H groups in total. The molecule has 0 aliphatic carbocycles. The van der Waals surface area contributed by atoms with Gasteiger partial charge in [-0.3, -0.25) is 0 Å². The van der Waals surface area contributed by atoms with Crippen LogP contribution in [0.25, 0.3) is 11.1 Å². The largest absolute Gasteiger partial charge is 0.0614 e. The Bertz CT molecular complexity index is 398. The fourth-order valence-electron chi connectivity index (χ4n) is 1.58. The van der Waals surface area contributed by atoms with Crippen molar-refractivity contribution < 1.29 is 0 Å². The predicted molar refractivity (Wildman–Crippen MR) is 61.1 cm³/mol. The quantitative estimate of drug-likeness (QED) is 0.627. The molecule has 0 bridgehead atoms. The minimum Gasteiger partial charge on any atom is -0.0614 e. The molecule has 0 nitrogen and oxygen atoms in total. The van der Waals surface area contributed by atoms with Gasteiger partial charge >= 0.3 is 0 Å². The summed E-state index contributed by atoms with van der Waals surface area (Å²) >= 11 is 0. The van der Waals surface area contributed by atoms with Crippen molar-refractivity contribution in [2.45, 2.75) is 6.92 Å². The highest BCUT2D eigenvalue weighted by Crippen LogP contribution is 2.20. The summed E-state index contributed by atoms with van der Waals surface area (Å²) in [4.78, 5) is 0. The first kappa shape index (κ1) is 9.01. The third kappa shape index (κ3) is 1.85. The van der Waals surface area contributed by atoms with E-state index in [0.717, 1.165) is 5.56 Å². The van der Waals surface area contributed by atoms with Crippen LogP contribution in [0.4, 0.5) is 0 Å². The SMILES string of the molecule is [CH2]c1cccc(-c2cccc(C)c2)c1. The molecular weight excluding hydrogens is 168 g/mol. The molecule has 14 heavy (non-hydrogen) atoms. The summed E-state index contributed by atoms with van der Waals surface area (Å²) in [5.41, 5.74) is 4.85. The molecular formula is C14H13. The predicted octanol–water partition coefficient (Wildman–Crippen LogP) is 3.84. The van der Waals surface area contributed by atoms with Gasteiger partial charge in [0, 0.05) is 0 Å². The summed E-state index contributed by atoms with van der Waals surface area (Å²) in [6.07, 6.45) is 0. The average molecular weight is 181 g/mol. The standard InChI is InChI=1S/C14H13/c1-11-5-3-7-13(9-11)14-8-4-6-12(2)10-14/h3-10H,1H2,2H3. The maximum Gasteiger partial charge on any atom is -0.0181 e. The second-order valence-electron chi connectivity index (χ2n) is 3.57. The van der Waals surface area contributed by atoms with Gasteiger partial charge in [0.25, 0.3) is 0 Å². The van der Waals surface area contributed by atoms with Gasteiger partial charge in [-0.25, -0.2) is 0 Å². The maximum atomic E-state index is 3.93. The zero-order valence-electron chi connectivity index (χ0n) is 8.33. The van der Waals surface area contributed by atoms with Crippen molar-refractivity contribution in [3.05, 3.63) is 66.6 Å². The average Bonchev–Trinajstić information content (AvgIpc) is 2.18. The third-order valence-electron chi connectivity index (χ3n) is 2.28. The highest BCUT2D eigenvalue weighted by Gasteiger charge is 1.96. The molecule has 0 spiro atoms. The van der Waals surface area contributed by atoms with E-state index in [1.165, 1.54) is 16.7 Å². The normalized spacial score (nSPS) is 10.1. The monoisotopic (exact) mass is 181 g/mol. The molecule has 0 saturated carbocycles. The number of benzene rings is 2. The maximum absolute atomic E-state index is 3.93. The van der Waals surface area contributed by atoms with Crippen molar-refractivity contribution in [2.24, 2.45) is 0 Å². The molecule has 1 radical (unpaired) electrons. The minimum atomic E-state index is 1.06. The Hall–Kier alpha value is -1.56. The van der Waals surface area contributed by atoms with E-state index >= 15 is 0 Å². The molecule has 0 aliphatic heterocycles. The van der Waals surface area contributed by atoms with Crippen LogP contribution in [0.2, 0.25) is 0 Å². The van der Waals surface area contributed by atoms with Crippen molar-refractivity contribution in [1.82, 2.24) is 0 Å². The van der Waals surface area contributed by atoms with Crippen molar-refractivity contribution in [3.63, 3.8) is 0 Å². The van der Waals surface area contributed by atoms with E-state index in [1.807, 2.05) is 12.1 Å². The molecule has 0 aliphatic rings. The summed E-state index contributed by atoms with van der Waals surface area (Å²) in [5, 5.41) is 0. The second kappa shape index (κ2) is 3.67. The van der Waals surface area contributed by atoms with Crippen LogP contribution in [0.15, 0.2) is 48.5 Å². The zero-order valence-corrected chi connectivity index (χ0v) is 8.33. The smallest absolute Gasteiger partial charge is 0.0181 e. The van der Waals surface area contributed by atoms with Crippen LogP contribution in [-0.2, 0) is 0 Å². The van der Waals surface area contributed by atoms with Crippen molar-refractivity contribution >= 4 is 0 Å². The van der Waals surface area contributed by atoms with Crippen LogP contribution in [0, 0.1) is 13.8 Å². The number of hydrogen-bond acceptors (Lipinski definition) is 0. The minimum absolute atomic E-state index is 1.06. The summed E-state index contributed by atoms with van der Waals surface area (Å²) in [6, 6.07) is 16.8. The lowest BCUT2D eigenvalue weighted by atomic mass is 10.0. The van der Waals surface area contributed by atoms with Gasteiger partial charge in [0.15, 0.2) is 0 Å². The van der Waals surface area contributed by atoms with Gasteiger partial charge in [-0.1, -0.05) is 54.1 Å². The van der Waals surface area contributed by atoms with E-state index in [-0.39, 0.29) is 0 Å². The van der Waals surface area contributed by atoms with E-state index in [9.17, 15) is 0 Å². The van der Waals surface area contributed by atoms with Crippen LogP contribution >= 0.6 is 0 Å². The number of hydrogen-bond donors (Lipinski definition) is 0. The first-order valence-corrected chi connectivity index (χ1v) is 4.75. The topological polar surface area (TPSA) is 0 Å². The highest BCUT2D eigenvalue weighted by molar-refractivity contribution is 5.65. The van der Waals surface area contributed by atoms with Gasteiger partial charge in [0.2, 0.25) is 0 Å². The number of aryl methyl sites for hydroxylation is 1. The van der Waals surface area contributed by atoms with Gasteiger partial charge in [-0.2, -0.15) is 0 Å². The summed E-state index contributed by atoms with van der Waals surface area (Å²) in [7, 11) is 0. The molecule has 0 heteroatoms. The Kier molecular flexibility index (Phi) is 2.36. The molecule has 2 aromatic carbocycles. The van der Waals surface area contributed by atoms with Crippen LogP contribution in [0.1, 0.15) is 11.1 Å². The van der Waals surface area contributed by atoms with E-state index in [1.54, 1.807) is 0 Å². The lowest BCUT2D eigenvalue weighted by Crippen LogP contribution is -1.80. The lowest BCUT2D eigenvalue weighted by Gasteiger charge is -2.03. The molecule has 0 unspecified atom stereocenters. The molecule has 0 aromatic heterocycles. The lowest BCUT2D eigenvalue weighted by molar-refractivity contribution is 1.46. The third-order valence-corrected chi connectivity index (χ3v) is 2.28. The van der Waals surface area contributed by atoms with Crippen LogP contribution in [0.5, 0.6) is 0 Å². The van der Waals surface area contributed by atoms with Crippen LogP contribution in [0.3, 0.4) is 0 Å². The van der Waals surface area contributed by atoms with Gasteiger partial charge < -0.3 is 0 Å². The van der Waals surface area contributed by atoms with Crippen LogP contribution < -0.4 is 0 Å². The van der Waals surface area contributed by atoms with E-state index < -0.39 is 0 Å². The van der Waals surface area contributed by atoms with Gasteiger partial charge in [0.1, 0.15) is 0 Å². The molecule has 0 atom stereocenters. The van der Waals surface area contributed by atoms with Crippen molar-refractivity contribution in [2.75, 3.05) is 0 Å². The van der Waals surface area contributed by atoms with E-state index in [4.69, 9.17) is 0 Å². The Balaban J connectivity index is 2.49. The first-order valence-electron chi connectivity index (χ1n) is 4.75. The van der Waals surface area contributed by atoms with Gasteiger partial charge in [0.05, 0.1) is 0 Å². The van der Waals surface area contributed by atoms with Gasteiger partial charge in [-0.05, 0) is 30.5 Å². The highest BCUT2D eigenvalue weighted by atomic mass is 14.0. The van der Waals surface area contributed by atoms with Crippen LogP contribution in [-0.4, -0.2) is 0 Å². The summed E-state index contributed by atoms with van der Waals surface area (Å²) in [6.45, 7) is 6.04. The fourth-order valence-corrected chi connectivity index (χ4v) is 1.58. The first-order chi connectivity index (χ1) is 6.75. The molecule has 2 rings (SSSR count).